The minimum absolute atomic E-state index is 0.0274. The molecule has 3 aliphatic rings. The molecule has 1 amide bonds. The Bertz CT molecular complexity index is 961. The molecule has 246 valence electrons. The molecule has 1 saturated carbocycles. The number of ketones is 1. The van der Waals surface area contributed by atoms with Gasteiger partial charge in [-0.1, -0.05) is 44.8 Å². The number of carbonyl (C=O) groups is 3. The normalized spacial score (nSPS) is 30.0. The van der Waals surface area contributed by atoms with Gasteiger partial charge in [0.05, 0.1) is 38.2 Å². The smallest absolute Gasteiger partial charge is 0.407 e. The Morgan fingerprint density at radius 1 is 1.12 bits per heavy atom. The van der Waals surface area contributed by atoms with Crippen molar-refractivity contribution >= 4 is 17.8 Å². The highest BCUT2D eigenvalue weighted by Crippen LogP contribution is 2.59. The summed E-state index contributed by atoms with van der Waals surface area (Å²) in [5.41, 5.74) is 5.92. The van der Waals surface area contributed by atoms with Crippen LogP contribution in [-0.2, 0) is 33.3 Å². The van der Waals surface area contributed by atoms with Crippen LogP contribution in [0.15, 0.2) is 11.6 Å². The van der Waals surface area contributed by atoms with Crippen LogP contribution in [0.1, 0.15) is 98.8 Å². The standard InChI is InChI=1S/C33H56N2O8/c1-22(2)13-14-27-32(5,43-27)30-29(39-6)26(15-16-33(30)21-41-33)42-28(37)18-24(23(3)4)20-40-31(38)35-17-11-9-7-8-10-12-25(36)19-34/h13,23-24,26-27,29-30H,7-12,14-21,34H2,1-6H3,(H,35,38)/t24-,26?,27+,29?,30?,32-,33-/m0/s1. The van der Waals surface area contributed by atoms with E-state index < -0.39 is 6.09 Å². The fourth-order valence-corrected chi connectivity index (χ4v) is 6.49. The number of epoxide rings is 2. The molecule has 2 heterocycles. The van der Waals surface area contributed by atoms with Crippen molar-refractivity contribution in [2.75, 3.05) is 33.4 Å². The van der Waals surface area contributed by atoms with Crippen LogP contribution in [0.4, 0.5) is 4.79 Å². The summed E-state index contributed by atoms with van der Waals surface area (Å²) in [6.45, 7) is 11.8. The molecule has 3 unspecified atom stereocenters. The Balaban J connectivity index is 1.42. The van der Waals surface area contributed by atoms with Gasteiger partial charge in [-0.15, -0.1) is 0 Å². The van der Waals surface area contributed by atoms with Crippen molar-refractivity contribution in [3.05, 3.63) is 11.6 Å². The van der Waals surface area contributed by atoms with Crippen LogP contribution in [-0.4, -0.2) is 80.8 Å². The molecule has 1 aliphatic carbocycles. The van der Waals surface area contributed by atoms with E-state index in [4.69, 9.17) is 29.4 Å². The summed E-state index contributed by atoms with van der Waals surface area (Å²) in [5.74, 6) is -0.271. The Morgan fingerprint density at radius 2 is 1.81 bits per heavy atom. The van der Waals surface area contributed by atoms with Crippen LogP contribution in [0.5, 0.6) is 0 Å². The summed E-state index contributed by atoms with van der Waals surface area (Å²) >= 11 is 0. The number of nitrogens with one attached hydrogen (secondary N) is 1. The second kappa shape index (κ2) is 16.3. The van der Waals surface area contributed by atoms with Crippen LogP contribution in [0.3, 0.4) is 0 Å². The third kappa shape index (κ3) is 10.3. The van der Waals surface area contributed by atoms with Crippen molar-refractivity contribution in [2.45, 2.75) is 128 Å². The topological polar surface area (TPSA) is 142 Å². The van der Waals surface area contributed by atoms with Crippen LogP contribution < -0.4 is 11.1 Å². The number of esters is 1. The van der Waals surface area contributed by atoms with Crippen LogP contribution >= 0.6 is 0 Å². The highest BCUT2D eigenvalue weighted by molar-refractivity contribution is 5.80. The highest BCUT2D eigenvalue weighted by Gasteiger charge is 2.72. The molecular weight excluding hydrogens is 552 g/mol. The minimum Gasteiger partial charge on any atom is -0.460 e. The first-order valence-corrected chi connectivity index (χ1v) is 16.3. The van der Waals surface area contributed by atoms with Crippen LogP contribution in [0.2, 0.25) is 0 Å². The molecule has 2 saturated heterocycles. The maximum Gasteiger partial charge on any atom is 0.407 e. The molecule has 3 N–H and O–H groups in total. The number of amides is 1. The number of rotatable bonds is 19. The van der Waals surface area contributed by atoms with E-state index in [-0.39, 0.29) is 78.6 Å². The molecule has 0 bridgehead atoms. The second-order valence-electron chi connectivity index (χ2n) is 13.4. The molecule has 0 aromatic rings. The zero-order valence-electron chi connectivity index (χ0n) is 27.3. The zero-order chi connectivity index (χ0) is 31.6. The number of alkyl carbamates (subject to hydrolysis) is 1. The lowest BCUT2D eigenvalue weighted by molar-refractivity contribution is -0.173. The van der Waals surface area contributed by atoms with Gasteiger partial charge in [-0.25, -0.2) is 4.79 Å². The molecule has 3 rings (SSSR count). The highest BCUT2D eigenvalue weighted by atomic mass is 16.6. The fraction of sp³-hybridized carbons (Fsp3) is 0.848. The first-order valence-electron chi connectivity index (χ1n) is 16.3. The molecular formula is C33H56N2O8. The first kappa shape index (κ1) is 35.5. The predicted octanol–water partition coefficient (Wildman–Crippen LogP) is 4.86. The number of unbranched alkanes of at least 4 members (excludes halogenated alkanes) is 4. The summed E-state index contributed by atoms with van der Waals surface area (Å²) in [6, 6.07) is 0. The van der Waals surface area contributed by atoms with E-state index >= 15 is 0 Å². The lowest BCUT2D eigenvalue weighted by Crippen LogP contribution is -2.55. The maximum absolute atomic E-state index is 13.2. The van der Waals surface area contributed by atoms with E-state index in [1.54, 1.807) is 7.11 Å². The zero-order valence-corrected chi connectivity index (χ0v) is 27.3. The molecule has 7 atom stereocenters. The SMILES string of the molecule is COC1C(OC(=O)C[C@@H](COC(=O)NCCCCCCCC(=O)CN)C(C)C)CC[C@]2(CO2)C1[C@@]1(C)O[C@@H]1CC=C(C)C. The van der Waals surface area contributed by atoms with E-state index in [0.717, 1.165) is 44.9 Å². The molecule has 2 aliphatic heterocycles. The van der Waals surface area contributed by atoms with Gasteiger partial charge in [0.15, 0.2) is 0 Å². The molecule has 0 aromatic carbocycles. The number of hydrogen-bond acceptors (Lipinski definition) is 9. The summed E-state index contributed by atoms with van der Waals surface area (Å²) in [5, 5.41) is 2.79. The second-order valence-corrected chi connectivity index (χ2v) is 13.4. The third-order valence-corrected chi connectivity index (χ3v) is 9.45. The molecule has 1 spiro atoms. The Morgan fingerprint density at radius 3 is 2.44 bits per heavy atom. The van der Waals surface area contributed by atoms with Crippen molar-refractivity contribution in [3.8, 4) is 0 Å². The number of Topliss-reactive ketones (excluding diaryl/α,β-unsaturated/α-hetero) is 1. The summed E-state index contributed by atoms with van der Waals surface area (Å²) < 4.78 is 29.8. The van der Waals surface area contributed by atoms with Gasteiger partial charge < -0.3 is 34.7 Å². The van der Waals surface area contributed by atoms with Gasteiger partial charge in [-0.2, -0.15) is 0 Å². The molecule has 10 nitrogen and oxygen atoms in total. The van der Waals surface area contributed by atoms with Gasteiger partial charge in [0, 0.05) is 26.0 Å². The molecule has 0 aromatic heterocycles. The number of methoxy groups -OCH3 is 1. The van der Waals surface area contributed by atoms with Gasteiger partial charge in [-0.05, 0) is 58.8 Å². The minimum atomic E-state index is -0.475. The quantitative estimate of drug-likeness (QED) is 0.0909. The van der Waals surface area contributed by atoms with Gasteiger partial charge >= 0.3 is 12.1 Å². The first-order chi connectivity index (χ1) is 20.5. The Hall–Kier alpha value is -2.01. The number of allylic oxidation sites excluding steroid dienone is 1. The van der Waals surface area contributed by atoms with E-state index in [1.165, 1.54) is 5.57 Å². The fourth-order valence-electron chi connectivity index (χ4n) is 6.49. The van der Waals surface area contributed by atoms with Crippen molar-refractivity contribution < 1.29 is 38.1 Å². The van der Waals surface area contributed by atoms with Crippen molar-refractivity contribution in [2.24, 2.45) is 23.5 Å². The van der Waals surface area contributed by atoms with E-state index in [9.17, 15) is 14.4 Å². The average molecular weight is 609 g/mol. The number of nitrogens with two attached hydrogens (primary N) is 1. The van der Waals surface area contributed by atoms with E-state index in [2.05, 4.69) is 32.2 Å². The van der Waals surface area contributed by atoms with Crippen molar-refractivity contribution in [1.29, 1.82) is 0 Å². The monoisotopic (exact) mass is 608 g/mol. The molecule has 10 heteroatoms. The lowest BCUT2D eigenvalue weighted by Gasteiger charge is -2.42. The van der Waals surface area contributed by atoms with Crippen LogP contribution in [0.25, 0.3) is 0 Å². The summed E-state index contributed by atoms with van der Waals surface area (Å²) in [4.78, 5) is 36.7. The summed E-state index contributed by atoms with van der Waals surface area (Å²) in [7, 11) is 1.67. The Labute approximate surface area is 258 Å². The molecule has 0 radical (unpaired) electrons. The number of carbonyl (C=O) groups excluding carboxylic acids is 3. The van der Waals surface area contributed by atoms with E-state index in [1.807, 2.05) is 13.8 Å². The average Bonchev–Trinajstić information content (AvgIpc) is 3.88. The van der Waals surface area contributed by atoms with Gasteiger partial charge in [0.2, 0.25) is 0 Å². The van der Waals surface area contributed by atoms with E-state index in [0.29, 0.717) is 26.0 Å². The van der Waals surface area contributed by atoms with Crippen molar-refractivity contribution in [3.63, 3.8) is 0 Å². The van der Waals surface area contributed by atoms with Gasteiger partial charge in [0.25, 0.3) is 0 Å². The van der Waals surface area contributed by atoms with Gasteiger partial charge in [0.1, 0.15) is 29.2 Å². The summed E-state index contributed by atoms with van der Waals surface area (Å²) in [6.07, 6.45) is 8.78. The lowest BCUT2D eigenvalue weighted by atomic mass is 9.68. The van der Waals surface area contributed by atoms with Gasteiger partial charge in [-0.3, -0.25) is 9.59 Å². The maximum atomic E-state index is 13.2. The number of ether oxygens (including phenoxy) is 5. The largest absolute Gasteiger partial charge is 0.460 e. The van der Waals surface area contributed by atoms with Crippen LogP contribution in [0, 0.1) is 17.8 Å². The number of hydrogen-bond donors (Lipinski definition) is 2. The van der Waals surface area contributed by atoms with Crippen molar-refractivity contribution in [1.82, 2.24) is 5.32 Å². The predicted molar refractivity (Wildman–Crippen MR) is 163 cm³/mol. The Kier molecular flexibility index (Phi) is 13.5. The third-order valence-electron chi connectivity index (χ3n) is 9.45. The molecule has 43 heavy (non-hydrogen) atoms. The molecule has 3 fully saturated rings.